The Morgan fingerprint density at radius 2 is 1.64 bits per heavy atom. The Morgan fingerprint density at radius 1 is 0.893 bits per heavy atom. The third-order valence-electron chi connectivity index (χ3n) is 4.84. The van der Waals surface area contributed by atoms with Crippen molar-refractivity contribution in [1.29, 1.82) is 0 Å². The van der Waals surface area contributed by atoms with Crippen molar-refractivity contribution >= 4 is 17.6 Å². The van der Waals surface area contributed by atoms with Crippen molar-refractivity contribution in [3.63, 3.8) is 0 Å². The van der Waals surface area contributed by atoms with Crippen LogP contribution in [-0.4, -0.2) is 46.9 Å². The van der Waals surface area contributed by atoms with Gasteiger partial charge in [-0.2, -0.15) is 0 Å². The summed E-state index contributed by atoms with van der Waals surface area (Å²) in [6.45, 7) is 0.536. The van der Waals surface area contributed by atoms with Gasteiger partial charge in [-0.1, -0.05) is 6.07 Å². The average molecular weight is 385 g/mol. The Morgan fingerprint density at radius 3 is 2.29 bits per heavy atom. The van der Waals surface area contributed by atoms with Crippen LogP contribution in [0.25, 0.3) is 0 Å². The SMILES string of the molecule is COC(=O)c1cccc2c1CCCN2C(=O)c1ccc(OC)c(OC)c1OC. The Hall–Kier alpha value is -3.22. The lowest BCUT2D eigenvalue weighted by atomic mass is 9.95. The molecule has 7 heteroatoms. The highest BCUT2D eigenvalue weighted by atomic mass is 16.5. The minimum Gasteiger partial charge on any atom is -0.493 e. The van der Waals surface area contributed by atoms with Crippen molar-refractivity contribution < 1.29 is 28.5 Å². The zero-order chi connectivity index (χ0) is 20.3. The normalized spacial score (nSPS) is 12.8. The van der Waals surface area contributed by atoms with E-state index in [1.54, 1.807) is 29.2 Å². The summed E-state index contributed by atoms with van der Waals surface area (Å²) in [7, 11) is 5.84. The highest BCUT2D eigenvalue weighted by molar-refractivity contribution is 6.10. The van der Waals surface area contributed by atoms with Gasteiger partial charge in [0.05, 0.1) is 39.6 Å². The van der Waals surface area contributed by atoms with Gasteiger partial charge in [0.15, 0.2) is 11.5 Å². The number of benzene rings is 2. The van der Waals surface area contributed by atoms with Gasteiger partial charge in [0.1, 0.15) is 0 Å². The van der Waals surface area contributed by atoms with Crippen molar-refractivity contribution in [3.05, 3.63) is 47.0 Å². The molecule has 2 aromatic carbocycles. The van der Waals surface area contributed by atoms with Gasteiger partial charge in [-0.15, -0.1) is 0 Å². The molecule has 0 aromatic heterocycles. The zero-order valence-electron chi connectivity index (χ0n) is 16.4. The van der Waals surface area contributed by atoms with Crippen LogP contribution < -0.4 is 19.1 Å². The summed E-state index contributed by atoms with van der Waals surface area (Å²) >= 11 is 0. The summed E-state index contributed by atoms with van der Waals surface area (Å²) in [5, 5.41) is 0. The van der Waals surface area contributed by atoms with Gasteiger partial charge in [0, 0.05) is 12.2 Å². The van der Waals surface area contributed by atoms with Crippen LogP contribution in [0.5, 0.6) is 17.2 Å². The molecule has 0 spiro atoms. The molecule has 0 atom stereocenters. The van der Waals surface area contributed by atoms with E-state index < -0.39 is 5.97 Å². The minimum atomic E-state index is -0.408. The molecule has 1 aliphatic heterocycles. The second-order valence-corrected chi connectivity index (χ2v) is 6.24. The van der Waals surface area contributed by atoms with Gasteiger partial charge in [0.25, 0.3) is 5.91 Å². The average Bonchev–Trinajstić information content (AvgIpc) is 2.75. The summed E-state index contributed by atoms with van der Waals surface area (Å²) in [6, 6.07) is 8.63. The number of methoxy groups -OCH3 is 4. The summed E-state index contributed by atoms with van der Waals surface area (Å²) < 4.78 is 21.0. The third kappa shape index (κ3) is 3.24. The topological polar surface area (TPSA) is 74.3 Å². The molecule has 1 aliphatic rings. The number of amides is 1. The van der Waals surface area contributed by atoms with E-state index >= 15 is 0 Å². The van der Waals surface area contributed by atoms with E-state index in [1.807, 2.05) is 6.07 Å². The van der Waals surface area contributed by atoms with Crippen LogP contribution in [0.3, 0.4) is 0 Å². The first-order valence-corrected chi connectivity index (χ1v) is 8.88. The second-order valence-electron chi connectivity index (χ2n) is 6.24. The van der Waals surface area contributed by atoms with Crippen molar-refractivity contribution in [2.75, 3.05) is 39.9 Å². The molecule has 3 rings (SSSR count). The van der Waals surface area contributed by atoms with E-state index in [0.29, 0.717) is 47.0 Å². The number of hydrogen-bond donors (Lipinski definition) is 0. The molecule has 0 saturated heterocycles. The van der Waals surface area contributed by atoms with Crippen LogP contribution in [0.2, 0.25) is 0 Å². The van der Waals surface area contributed by atoms with Crippen molar-refractivity contribution in [3.8, 4) is 17.2 Å². The Balaban J connectivity index is 2.08. The lowest BCUT2D eigenvalue weighted by Crippen LogP contribution is -2.36. The Labute approximate surface area is 163 Å². The zero-order valence-corrected chi connectivity index (χ0v) is 16.4. The Kier molecular flexibility index (Phi) is 5.73. The van der Waals surface area contributed by atoms with Crippen LogP contribution in [-0.2, 0) is 11.2 Å². The number of rotatable bonds is 5. The third-order valence-corrected chi connectivity index (χ3v) is 4.84. The molecule has 0 bridgehead atoms. The lowest BCUT2D eigenvalue weighted by molar-refractivity contribution is 0.0599. The first-order valence-electron chi connectivity index (χ1n) is 8.88. The maximum absolute atomic E-state index is 13.4. The molecule has 0 N–H and O–H groups in total. The first-order chi connectivity index (χ1) is 13.6. The van der Waals surface area contributed by atoms with Crippen molar-refractivity contribution in [2.24, 2.45) is 0 Å². The van der Waals surface area contributed by atoms with E-state index in [9.17, 15) is 9.59 Å². The number of hydrogen-bond acceptors (Lipinski definition) is 6. The van der Waals surface area contributed by atoms with E-state index in [-0.39, 0.29) is 5.91 Å². The number of ether oxygens (including phenoxy) is 4. The van der Waals surface area contributed by atoms with E-state index in [0.717, 1.165) is 12.0 Å². The molecule has 0 saturated carbocycles. The summed E-state index contributed by atoms with van der Waals surface area (Å²) in [5.74, 6) is 0.498. The number of carbonyl (C=O) groups excluding carboxylic acids is 2. The smallest absolute Gasteiger partial charge is 0.338 e. The summed E-state index contributed by atoms with van der Waals surface area (Å²) in [6.07, 6.45) is 1.44. The molecule has 1 amide bonds. The quantitative estimate of drug-likeness (QED) is 0.737. The van der Waals surface area contributed by atoms with Gasteiger partial charge in [-0.05, 0) is 42.7 Å². The van der Waals surface area contributed by atoms with E-state index in [4.69, 9.17) is 18.9 Å². The van der Waals surface area contributed by atoms with Gasteiger partial charge in [0.2, 0.25) is 5.75 Å². The van der Waals surface area contributed by atoms with Crippen LogP contribution in [0.1, 0.15) is 32.7 Å². The molecule has 148 valence electrons. The number of nitrogens with zero attached hydrogens (tertiary/aromatic N) is 1. The van der Waals surface area contributed by atoms with Crippen LogP contribution in [0.15, 0.2) is 30.3 Å². The molecule has 0 radical (unpaired) electrons. The summed E-state index contributed by atoms with van der Waals surface area (Å²) in [4.78, 5) is 27.2. The van der Waals surface area contributed by atoms with Gasteiger partial charge < -0.3 is 23.8 Å². The Bertz CT molecular complexity index is 908. The number of esters is 1. The van der Waals surface area contributed by atoms with Crippen LogP contribution in [0, 0.1) is 0 Å². The van der Waals surface area contributed by atoms with Gasteiger partial charge >= 0.3 is 5.97 Å². The highest BCUT2D eigenvalue weighted by Gasteiger charge is 2.30. The molecule has 2 aromatic rings. The standard InChI is InChI=1S/C21H23NO6/c1-25-17-11-10-15(18(26-2)19(17)27-3)20(23)22-12-6-8-13-14(21(24)28-4)7-5-9-16(13)22/h5,7,9-11H,6,8,12H2,1-4H3. The molecule has 0 unspecified atom stereocenters. The van der Waals surface area contributed by atoms with Crippen molar-refractivity contribution in [1.82, 2.24) is 0 Å². The molecule has 28 heavy (non-hydrogen) atoms. The molecule has 0 aliphatic carbocycles. The predicted octanol–water partition coefficient (Wildman–Crippen LogP) is 3.09. The van der Waals surface area contributed by atoms with Gasteiger partial charge in [-0.3, -0.25) is 4.79 Å². The van der Waals surface area contributed by atoms with E-state index in [1.165, 1.54) is 28.4 Å². The van der Waals surface area contributed by atoms with Crippen molar-refractivity contribution in [2.45, 2.75) is 12.8 Å². The monoisotopic (exact) mass is 385 g/mol. The lowest BCUT2D eigenvalue weighted by Gasteiger charge is -2.31. The second kappa shape index (κ2) is 8.21. The maximum Gasteiger partial charge on any atom is 0.338 e. The fraction of sp³-hybridized carbons (Fsp3) is 0.333. The molecular weight excluding hydrogens is 362 g/mol. The number of fused-ring (bicyclic) bond motifs is 1. The number of carbonyl (C=O) groups is 2. The molecule has 1 heterocycles. The highest BCUT2D eigenvalue weighted by Crippen LogP contribution is 2.41. The van der Waals surface area contributed by atoms with Crippen LogP contribution >= 0.6 is 0 Å². The van der Waals surface area contributed by atoms with Gasteiger partial charge in [-0.25, -0.2) is 4.79 Å². The summed E-state index contributed by atoms with van der Waals surface area (Å²) in [5.41, 5.74) is 2.36. The number of anilines is 1. The van der Waals surface area contributed by atoms with Crippen LogP contribution in [0.4, 0.5) is 5.69 Å². The maximum atomic E-state index is 13.4. The molecule has 0 fully saturated rings. The largest absolute Gasteiger partial charge is 0.493 e. The predicted molar refractivity (Wildman–Crippen MR) is 104 cm³/mol. The van der Waals surface area contributed by atoms with E-state index in [2.05, 4.69) is 0 Å². The first kappa shape index (κ1) is 19.5. The molecule has 7 nitrogen and oxygen atoms in total. The fourth-order valence-electron chi connectivity index (χ4n) is 3.55. The molecular formula is C21H23NO6. The minimum absolute atomic E-state index is 0.235. The fourth-order valence-corrected chi connectivity index (χ4v) is 3.55.